The lowest BCUT2D eigenvalue weighted by Crippen LogP contribution is -2.32. The van der Waals surface area contributed by atoms with Crippen LogP contribution in [-0.4, -0.2) is 30.4 Å². The molecule has 0 spiro atoms. The molecule has 1 heterocycles. The fourth-order valence-corrected chi connectivity index (χ4v) is 2.93. The van der Waals surface area contributed by atoms with Gasteiger partial charge in [0.05, 0.1) is 0 Å². The Labute approximate surface area is 151 Å². The number of hydrogen-bond donors (Lipinski definition) is 1. The second-order valence-electron chi connectivity index (χ2n) is 6.31. The maximum atomic E-state index is 14.2. The highest BCUT2D eigenvalue weighted by Gasteiger charge is 2.18. The van der Waals surface area contributed by atoms with Gasteiger partial charge in [-0.2, -0.15) is 0 Å². The lowest BCUT2D eigenvalue weighted by atomic mass is 10.2. The summed E-state index contributed by atoms with van der Waals surface area (Å²) in [5, 5.41) is 3.21. The number of nitrogens with one attached hydrogen (secondary N) is 1. The zero-order valence-corrected chi connectivity index (χ0v) is 14.5. The Hall–Kier alpha value is -2.47. The summed E-state index contributed by atoms with van der Waals surface area (Å²) in [4.78, 5) is 13.4. The number of nitrogens with zero attached hydrogens (tertiary/aromatic N) is 1. The van der Waals surface area contributed by atoms with Gasteiger partial charge in [0.25, 0.3) is 0 Å². The predicted octanol–water partition coefficient (Wildman–Crippen LogP) is 3.26. The lowest BCUT2D eigenvalue weighted by Gasteiger charge is -2.15. The van der Waals surface area contributed by atoms with Crippen LogP contribution in [0.5, 0.6) is 5.75 Å². The predicted molar refractivity (Wildman–Crippen MR) is 94.7 cm³/mol. The molecular weight excluding hydrogens is 338 g/mol. The Morgan fingerprint density at radius 2 is 1.96 bits per heavy atom. The first kappa shape index (κ1) is 18.3. The van der Waals surface area contributed by atoms with Crippen LogP contribution in [0.2, 0.25) is 0 Å². The molecule has 6 heteroatoms. The van der Waals surface area contributed by atoms with E-state index in [1.165, 1.54) is 12.1 Å². The smallest absolute Gasteiger partial charge is 0.222 e. The minimum atomic E-state index is -0.477. The van der Waals surface area contributed by atoms with E-state index in [2.05, 4.69) is 5.32 Å². The van der Waals surface area contributed by atoms with E-state index < -0.39 is 5.82 Å². The summed E-state index contributed by atoms with van der Waals surface area (Å²) in [6, 6.07) is 11.0. The number of rotatable bonds is 8. The molecule has 2 aromatic rings. The van der Waals surface area contributed by atoms with Crippen molar-refractivity contribution in [1.82, 2.24) is 10.2 Å². The maximum Gasteiger partial charge on any atom is 0.222 e. The molecule has 3 rings (SSSR count). The van der Waals surface area contributed by atoms with E-state index in [9.17, 15) is 13.6 Å². The fraction of sp³-hybridized carbons (Fsp3) is 0.350. The number of likely N-dealkylation sites (tertiary alicyclic amines) is 1. The molecule has 1 amide bonds. The highest BCUT2D eigenvalue weighted by Crippen LogP contribution is 2.20. The zero-order chi connectivity index (χ0) is 18.4. The molecule has 0 aliphatic carbocycles. The first-order valence-corrected chi connectivity index (χ1v) is 8.76. The molecule has 0 radical (unpaired) electrons. The van der Waals surface area contributed by atoms with Crippen molar-refractivity contribution in [3.63, 3.8) is 0 Å². The lowest BCUT2D eigenvalue weighted by molar-refractivity contribution is -0.127. The van der Waals surface area contributed by atoms with Gasteiger partial charge in [-0.3, -0.25) is 4.79 Å². The van der Waals surface area contributed by atoms with Crippen molar-refractivity contribution in [2.45, 2.75) is 26.0 Å². The monoisotopic (exact) mass is 360 g/mol. The molecule has 26 heavy (non-hydrogen) atoms. The molecule has 0 bridgehead atoms. The van der Waals surface area contributed by atoms with Crippen LogP contribution in [0.3, 0.4) is 0 Å². The molecule has 138 valence electrons. The van der Waals surface area contributed by atoms with E-state index >= 15 is 0 Å². The number of carbonyl (C=O) groups excluding carboxylic acids is 1. The summed E-state index contributed by atoms with van der Waals surface area (Å²) in [7, 11) is 0. The van der Waals surface area contributed by atoms with Crippen LogP contribution >= 0.6 is 0 Å². The van der Waals surface area contributed by atoms with E-state index in [0.717, 1.165) is 18.5 Å². The summed E-state index contributed by atoms with van der Waals surface area (Å²) in [5.74, 6) is -0.547. The van der Waals surface area contributed by atoms with Crippen LogP contribution in [0, 0.1) is 11.6 Å². The van der Waals surface area contributed by atoms with E-state index in [-0.39, 0.29) is 24.1 Å². The topological polar surface area (TPSA) is 41.6 Å². The molecule has 1 fully saturated rings. The number of hydrogen-bond acceptors (Lipinski definition) is 3. The van der Waals surface area contributed by atoms with Crippen LogP contribution in [0.4, 0.5) is 8.78 Å². The highest BCUT2D eigenvalue weighted by atomic mass is 19.1. The highest BCUT2D eigenvalue weighted by molar-refractivity contribution is 5.78. The zero-order valence-electron chi connectivity index (χ0n) is 14.5. The van der Waals surface area contributed by atoms with Crippen LogP contribution < -0.4 is 10.1 Å². The van der Waals surface area contributed by atoms with Crippen molar-refractivity contribution in [3.8, 4) is 5.75 Å². The van der Waals surface area contributed by atoms with Gasteiger partial charge in [0, 0.05) is 38.2 Å². The summed E-state index contributed by atoms with van der Waals surface area (Å²) in [5.41, 5.74) is 1.17. The molecule has 0 saturated carbocycles. The Bertz CT molecular complexity index is 767. The van der Waals surface area contributed by atoms with Crippen molar-refractivity contribution in [3.05, 3.63) is 65.2 Å². The third-order valence-electron chi connectivity index (χ3n) is 4.40. The van der Waals surface area contributed by atoms with Gasteiger partial charge in [-0.15, -0.1) is 0 Å². The minimum Gasteiger partial charge on any atom is -0.486 e. The normalized spacial score (nSPS) is 14.1. The molecule has 1 aliphatic rings. The second-order valence-corrected chi connectivity index (χ2v) is 6.31. The number of benzene rings is 2. The Morgan fingerprint density at radius 3 is 2.69 bits per heavy atom. The molecule has 0 atom stereocenters. The summed E-state index contributed by atoms with van der Waals surface area (Å²) < 4.78 is 33.1. The molecule has 0 aromatic heterocycles. The van der Waals surface area contributed by atoms with Crippen molar-refractivity contribution in [1.29, 1.82) is 0 Å². The van der Waals surface area contributed by atoms with Gasteiger partial charge in [0.1, 0.15) is 12.4 Å². The van der Waals surface area contributed by atoms with Crippen LogP contribution in [0.1, 0.15) is 24.0 Å². The number of carbonyl (C=O) groups is 1. The van der Waals surface area contributed by atoms with E-state index in [1.807, 2.05) is 4.90 Å². The fourth-order valence-electron chi connectivity index (χ4n) is 2.93. The Kier molecular flexibility index (Phi) is 6.17. The quantitative estimate of drug-likeness (QED) is 0.735. The van der Waals surface area contributed by atoms with Crippen molar-refractivity contribution >= 4 is 5.91 Å². The summed E-state index contributed by atoms with van der Waals surface area (Å²) in [6.07, 6.45) is 1.57. The van der Waals surface area contributed by atoms with Crippen molar-refractivity contribution < 1.29 is 18.3 Å². The number of halogens is 2. The second kappa shape index (κ2) is 8.76. The van der Waals surface area contributed by atoms with Gasteiger partial charge >= 0.3 is 0 Å². The third kappa shape index (κ3) is 4.79. The van der Waals surface area contributed by atoms with Crippen LogP contribution in [0.15, 0.2) is 42.5 Å². The van der Waals surface area contributed by atoms with Crippen molar-refractivity contribution in [2.75, 3.05) is 19.6 Å². The third-order valence-corrected chi connectivity index (χ3v) is 4.40. The SMILES string of the molecule is O=C1CCCN1CCNCc1ccc(OCc2ccccc2F)c(F)c1. The Morgan fingerprint density at radius 1 is 1.12 bits per heavy atom. The first-order chi connectivity index (χ1) is 12.6. The largest absolute Gasteiger partial charge is 0.486 e. The van der Waals surface area contributed by atoms with Gasteiger partial charge in [0.15, 0.2) is 11.6 Å². The molecule has 4 nitrogen and oxygen atoms in total. The van der Waals surface area contributed by atoms with Gasteiger partial charge in [-0.1, -0.05) is 24.3 Å². The van der Waals surface area contributed by atoms with Gasteiger partial charge in [-0.05, 0) is 30.2 Å². The molecule has 0 unspecified atom stereocenters. The summed E-state index contributed by atoms with van der Waals surface area (Å²) >= 11 is 0. The standard InChI is InChI=1S/C20H22F2N2O2/c21-17-5-2-1-4-16(17)14-26-19-8-7-15(12-18(19)22)13-23-9-11-24-10-3-6-20(24)25/h1-2,4-5,7-8,12,23H,3,6,9-11,13-14H2. The van der Waals surface area contributed by atoms with Gasteiger partial charge < -0.3 is 15.0 Å². The molecule has 2 aromatic carbocycles. The first-order valence-electron chi connectivity index (χ1n) is 8.76. The van der Waals surface area contributed by atoms with E-state index in [0.29, 0.717) is 31.6 Å². The molecule has 1 saturated heterocycles. The van der Waals surface area contributed by atoms with Gasteiger partial charge in [-0.25, -0.2) is 8.78 Å². The maximum absolute atomic E-state index is 14.2. The minimum absolute atomic E-state index is 0.0228. The number of amides is 1. The Balaban J connectivity index is 1.46. The van der Waals surface area contributed by atoms with E-state index in [1.54, 1.807) is 30.3 Å². The van der Waals surface area contributed by atoms with Crippen molar-refractivity contribution in [2.24, 2.45) is 0 Å². The van der Waals surface area contributed by atoms with E-state index in [4.69, 9.17) is 4.74 Å². The summed E-state index contributed by atoms with van der Waals surface area (Å²) in [6.45, 7) is 2.64. The molecular formula is C20H22F2N2O2. The van der Waals surface area contributed by atoms with Gasteiger partial charge in [0.2, 0.25) is 5.91 Å². The number of ether oxygens (including phenoxy) is 1. The average molecular weight is 360 g/mol. The average Bonchev–Trinajstić information content (AvgIpc) is 3.04. The van der Waals surface area contributed by atoms with Crippen LogP contribution in [-0.2, 0) is 17.9 Å². The van der Waals surface area contributed by atoms with Crippen LogP contribution in [0.25, 0.3) is 0 Å². The molecule has 1 aliphatic heterocycles. The molecule has 1 N–H and O–H groups in total.